The Bertz CT molecular complexity index is 358. The molecule has 0 amide bonds. The quantitative estimate of drug-likeness (QED) is 0.823. The number of aromatic hydroxyl groups is 1. The van der Waals surface area contributed by atoms with Crippen LogP contribution in [0.5, 0.6) is 5.75 Å². The second-order valence-corrected chi connectivity index (χ2v) is 3.96. The first-order valence-electron chi connectivity index (χ1n) is 5.26. The van der Waals surface area contributed by atoms with Gasteiger partial charge in [0.15, 0.2) is 0 Å². The van der Waals surface area contributed by atoms with Crippen molar-refractivity contribution >= 4 is 0 Å². The van der Waals surface area contributed by atoms with E-state index in [1.807, 2.05) is 6.92 Å². The number of hydrogen-bond acceptors (Lipinski definition) is 1. The molecule has 0 heterocycles. The minimum atomic E-state index is -4.41. The molecule has 0 aromatic heterocycles. The van der Waals surface area contributed by atoms with Gasteiger partial charge in [-0.15, -0.1) is 0 Å². The van der Waals surface area contributed by atoms with Gasteiger partial charge in [-0.3, -0.25) is 0 Å². The minimum Gasteiger partial charge on any atom is -0.508 e. The van der Waals surface area contributed by atoms with Crippen molar-refractivity contribution < 1.29 is 18.3 Å². The van der Waals surface area contributed by atoms with Crippen LogP contribution in [0.15, 0.2) is 18.2 Å². The highest BCUT2D eigenvalue weighted by Crippen LogP contribution is 2.38. The van der Waals surface area contributed by atoms with Crippen molar-refractivity contribution in [2.45, 2.75) is 38.8 Å². The van der Waals surface area contributed by atoms with Gasteiger partial charge in [0, 0.05) is 0 Å². The number of benzene rings is 1. The van der Waals surface area contributed by atoms with Crippen molar-refractivity contribution in [2.24, 2.45) is 0 Å². The number of phenols is 1. The molecule has 1 aromatic rings. The van der Waals surface area contributed by atoms with Crippen LogP contribution in [0, 0.1) is 0 Å². The Kier molecular flexibility index (Phi) is 3.83. The van der Waals surface area contributed by atoms with E-state index in [4.69, 9.17) is 5.11 Å². The Morgan fingerprint density at radius 1 is 1.31 bits per heavy atom. The predicted octanol–water partition coefficient (Wildman–Crippen LogP) is 4.31. The zero-order valence-electron chi connectivity index (χ0n) is 9.30. The Morgan fingerprint density at radius 2 is 1.94 bits per heavy atom. The van der Waals surface area contributed by atoms with E-state index in [0.29, 0.717) is 6.42 Å². The SMILES string of the molecule is CCCC(C)c1ccc(O)cc1C(F)(F)F. The Morgan fingerprint density at radius 3 is 2.44 bits per heavy atom. The number of rotatable bonds is 3. The molecule has 0 saturated heterocycles. The summed E-state index contributed by atoms with van der Waals surface area (Å²) in [6.45, 7) is 3.70. The summed E-state index contributed by atoms with van der Waals surface area (Å²) < 4.78 is 38.2. The number of phenolic OH excluding ortho intramolecular Hbond substituents is 1. The summed E-state index contributed by atoms with van der Waals surface area (Å²) in [5.74, 6) is -0.498. The average molecular weight is 232 g/mol. The van der Waals surface area contributed by atoms with Crippen molar-refractivity contribution in [1.82, 2.24) is 0 Å². The van der Waals surface area contributed by atoms with E-state index in [2.05, 4.69) is 0 Å². The molecule has 16 heavy (non-hydrogen) atoms. The molecule has 4 heteroatoms. The van der Waals surface area contributed by atoms with Crippen molar-refractivity contribution in [3.8, 4) is 5.75 Å². The molecule has 1 atom stereocenters. The number of alkyl halides is 3. The van der Waals surface area contributed by atoms with Crippen molar-refractivity contribution in [1.29, 1.82) is 0 Å². The third-order valence-electron chi connectivity index (χ3n) is 2.59. The van der Waals surface area contributed by atoms with Crippen LogP contribution in [0.1, 0.15) is 43.7 Å². The van der Waals surface area contributed by atoms with Gasteiger partial charge in [-0.2, -0.15) is 13.2 Å². The molecule has 0 radical (unpaired) electrons. The van der Waals surface area contributed by atoms with Crippen LogP contribution in [0.25, 0.3) is 0 Å². The maximum absolute atomic E-state index is 12.7. The van der Waals surface area contributed by atoms with Crippen LogP contribution in [0.4, 0.5) is 13.2 Å². The third kappa shape index (κ3) is 2.90. The highest BCUT2D eigenvalue weighted by Gasteiger charge is 2.34. The molecule has 0 aliphatic heterocycles. The average Bonchev–Trinajstić information content (AvgIpc) is 2.16. The minimum absolute atomic E-state index is 0.151. The fraction of sp³-hybridized carbons (Fsp3) is 0.500. The third-order valence-corrected chi connectivity index (χ3v) is 2.59. The van der Waals surface area contributed by atoms with E-state index in [0.717, 1.165) is 12.5 Å². The fourth-order valence-corrected chi connectivity index (χ4v) is 1.81. The first-order chi connectivity index (χ1) is 7.36. The summed E-state index contributed by atoms with van der Waals surface area (Å²) in [7, 11) is 0. The molecular weight excluding hydrogens is 217 g/mol. The van der Waals surface area contributed by atoms with Gasteiger partial charge in [0.05, 0.1) is 5.56 Å². The van der Waals surface area contributed by atoms with Crippen LogP contribution in [-0.2, 0) is 6.18 Å². The lowest BCUT2D eigenvalue weighted by Crippen LogP contribution is -2.10. The predicted molar refractivity (Wildman–Crippen MR) is 56.4 cm³/mol. The molecule has 0 aliphatic carbocycles. The Labute approximate surface area is 92.9 Å². The molecule has 90 valence electrons. The zero-order valence-corrected chi connectivity index (χ0v) is 9.30. The van der Waals surface area contributed by atoms with E-state index < -0.39 is 11.7 Å². The number of hydrogen-bond donors (Lipinski definition) is 1. The van der Waals surface area contributed by atoms with Gasteiger partial charge >= 0.3 is 6.18 Å². The largest absolute Gasteiger partial charge is 0.508 e. The topological polar surface area (TPSA) is 20.2 Å². The lowest BCUT2D eigenvalue weighted by atomic mass is 9.92. The van der Waals surface area contributed by atoms with Gasteiger partial charge in [-0.05, 0) is 30.0 Å². The summed E-state index contributed by atoms with van der Waals surface area (Å²) in [4.78, 5) is 0. The fourth-order valence-electron chi connectivity index (χ4n) is 1.81. The first-order valence-corrected chi connectivity index (χ1v) is 5.26. The summed E-state index contributed by atoms with van der Waals surface area (Å²) in [5.41, 5.74) is -0.472. The lowest BCUT2D eigenvalue weighted by molar-refractivity contribution is -0.138. The molecule has 0 saturated carbocycles. The molecule has 1 unspecified atom stereocenters. The van der Waals surface area contributed by atoms with Crippen molar-refractivity contribution in [3.63, 3.8) is 0 Å². The zero-order chi connectivity index (χ0) is 12.3. The van der Waals surface area contributed by atoms with Gasteiger partial charge in [-0.1, -0.05) is 26.3 Å². The standard InChI is InChI=1S/C12H15F3O/c1-3-4-8(2)10-6-5-9(16)7-11(10)12(13,14)15/h5-8,16H,3-4H2,1-2H3. The van der Waals surface area contributed by atoms with Crippen LogP contribution in [-0.4, -0.2) is 5.11 Å². The summed E-state index contributed by atoms with van der Waals surface area (Å²) >= 11 is 0. The summed E-state index contributed by atoms with van der Waals surface area (Å²) in [5, 5.41) is 9.11. The van der Waals surface area contributed by atoms with Crippen LogP contribution in [0.3, 0.4) is 0 Å². The van der Waals surface area contributed by atoms with Gasteiger partial charge in [0.2, 0.25) is 0 Å². The molecule has 0 fully saturated rings. The molecule has 1 aromatic carbocycles. The van der Waals surface area contributed by atoms with E-state index >= 15 is 0 Å². The molecule has 1 nitrogen and oxygen atoms in total. The van der Waals surface area contributed by atoms with Gasteiger partial charge in [-0.25, -0.2) is 0 Å². The Balaban J connectivity index is 3.18. The summed E-state index contributed by atoms with van der Waals surface area (Å²) in [6.07, 6.45) is -2.87. The second-order valence-electron chi connectivity index (χ2n) is 3.96. The van der Waals surface area contributed by atoms with E-state index in [1.165, 1.54) is 12.1 Å². The monoisotopic (exact) mass is 232 g/mol. The highest BCUT2D eigenvalue weighted by atomic mass is 19.4. The molecule has 1 N–H and O–H groups in total. The second kappa shape index (κ2) is 4.76. The molecule has 0 aliphatic rings. The van der Waals surface area contributed by atoms with Crippen molar-refractivity contribution in [2.75, 3.05) is 0 Å². The number of halogens is 3. The smallest absolute Gasteiger partial charge is 0.416 e. The van der Waals surface area contributed by atoms with Crippen LogP contribution >= 0.6 is 0 Å². The normalized spacial score (nSPS) is 13.8. The molecule has 1 rings (SSSR count). The maximum atomic E-state index is 12.7. The maximum Gasteiger partial charge on any atom is 0.416 e. The highest BCUT2D eigenvalue weighted by molar-refractivity contribution is 5.38. The van der Waals surface area contributed by atoms with E-state index in [1.54, 1.807) is 6.92 Å². The first kappa shape index (κ1) is 12.9. The van der Waals surface area contributed by atoms with Gasteiger partial charge < -0.3 is 5.11 Å². The molecule has 0 bridgehead atoms. The van der Waals surface area contributed by atoms with Crippen molar-refractivity contribution in [3.05, 3.63) is 29.3 Å². The summed E-state index contributed by atoms with van der Waals surface area (Å²) in [6, 6.07) is 3.46. The Hall–Kier alpha value is -1.19. The van der Waals surface area contributed by atoms with Crippen LogP contribution < -0.4 is 0 Å². The van der Waals surface area contributed by atoms with E-state index in [-0.39, 0.29) is 17.2 Å². The lowest BCUT2D eigenvalue weighted by Gasteiger charge is -2.18. The van der Waals surface area contributed by atoms with Gasteiger partial charge in [0.25, 0.3) is 0 Å². The van der Waals surface area contributed by atoms with Crippen LogP contribution in [0.2, 0.25) is 0 Å². The van der Waals surface area contributed by atoms with E-state index in [9.17, 15) is 13.2 Å². The molecular formula is C12H15F3O. The van der Waals surface area contributed by atoms with Gasteiger partial charge in [0.1, 0.15) is 5.75 Å². The molecule has 0 spiro atoms.